The minimum atomic E-state index is -5.17. The van der Waals surface area contributed by atoms with Crippen LogP contribution >= 0.6 is 15.9 Å². The Bertz CT molecular complexity index is 792. The van der Waals surface area contributed by atoms with Gasteiger partial charge in [-0.3, -0.25) is 9.59 Å². The van der Waals surface area contributed by atoms with E-state index in [0.717, 1.165) is 6.42 Å². The van der Waals surface area contributed by atoms with Crippen molar-refractivity contribution in [1.29, 1.82) is 0 Å². The monoisotopic (exact) mass is 501 g/mol. The molecule has 0 aromatic rings. The Balaban J connectivity index is 1.74. The molecule has 2 atom stereocenters. The lowest BCUT2D eigenvalue weighted by molar-refractivity contribution is -0.216. The fourth-order valence-corrected chi connectivity index (χ4v) is 6.16. The van der Waals surface area contributed by atoms with Crippen molar-refractivity contribution in [2.75, 3.05) is 12.4 Å². The van der Waals surface area contributed by atoms with Crippen molar-refractivity contribution in [3.8, 4) is 0 Å². The minimum Gasteiger partial charge on any atom is -0.748 e. The molecule has 11 heteroatoms. The van der Waals surface area contributed by atoms with Crippen LogP contribution in [0.5, 0.6) is 0 Å². The molecule has 4 bridgehead atoms. The van der Waals surface area contributed by atoms with Crippen LogP contribution in [0.25, 0.3) is 0 Å². The summed E-state index contributed by atoms with van der Waals surface area (Å²) in [5.41, 5.74) is -1.86. The lowest BCUT2D eigenvalue weighted by atomic mass is 9.48. The van der Waals surface area contributed by atoms with Gasteiger partial charge in [0.1, 0.15) is 25.8 Å². The van der Waals surface area contributed by atoms with E-state index in [1.807, 2.05) is 0 Å². The summed E-state index contributed by atoms with van der Waals surface area (Å²) >= 11 is 3.27. The number of esters is 2. The molecule has 29 heavy (non-hydrogen) atoms. The van der Waals surface area contributed by atoms with Gasteiger partial charge in [-0.1, -0.05) is 15.9 Å². The second-order valence-corrected chi connectivity index (χ2v) is 12.8. The average Bonchev–Trinajstić information content (AvgIpc) is 2.47. The van der Waals surface area contributed by atoms with Crippen LogP contribution in [0.1, 0.15) is 52.4 Å². The van der Waals surface area contributed by atoms with Crippen LogP contribution in [0.3, 0.4) is 0 Å². The Hall–Kier alpha value is -0.810. The predicted octanol–water partition coefficient (Wildman–Crippen LogP) is 2.77. The molecule has 4 aliphatic carbocycles. The zero-order valence-electron chi connectivity index (χ0n) is 16.2. The van der Waals surface area contributed by atoms with Gasteiger partial charge in [-0.05, 0) is 57.8 Å². The van der Waals surface area contributed by atoms with Gasteiger partial charge in [-0.2, -0.15) is 0 Å². The summed E-state index contributed by atoms with van der Waals surface area (Å²) in [4.78, 5) is 25.2. The van der Waals surface area contributed by atoms with Crippen LogP contribution in [0.2, 0.25) is 0 Å². The van der Waals surface area contributed by atoms with Gasteiger partial charge in [-0.25, -0.2) is 17.2 Å². The first-order chi connectivity index (χ1) is 13.0. The molecular weight excluding hydrogens is 478 g/mol. The highest BCUT2D eigenvalue weighted by atomic mass is 79.9. The molecule has 7 nitrogen and oxygen atoms in total. The highest BCUT2D eigenvalue weighted by Gasteiger charge is 2.63. The van der Waals surface area contributed by atoms with Crippen molar-refractivity contribution < 1.29 is 40.8 Å². The summed E-state index contributed by atoms with van der Waals surface area (Å²) in [6, 6.07) is 0. The average molecular weight is 502 g/mol. The van der Waals surface area contributed by atoms with Crippen LogP contribution in [0.15, 0.2) is 0 Å². The van der Waals surface area contributed by atoms with Gasteiger partial charge >= 0.3 is 11.9 Å². The molecular formula is C18H24BrF2O7S-. The van der Waals surface area contributed by atoms with Gasteiger partial charge in [0.05, 0.1) is 5.41 Å². The summed E-state index contributed by atoms with van der Waals surface area (Å²) < 4.78 is 69.0. The van der Waals surface area contributed by atoms with Crippen molar-refractivity contribution in [2.24, 2.45) is 17.3 Å². The van der Waals surface area contributed by atoms with Gasteiger partial charge < -0.3 is 14.0 Å². The van der Waals surface area contributed by atoms with Crippen molar-refractivity contribution in [1.82, 2.24) is 0 Å². The van der Waals surface area contributed by atoms with Crippen LogP contribution in [0.4, 0.5) is 8.78 Å². The molecule has 0 heterocycles. The van der Waals surface area contributed by atoms with Crippen molar-refractivity contribution in [2.45, 2.75) is 68.2 Å². The quantitative estimate of drug-likeness (QED) is 0.299. The molecule has 166 valence electrons. The Labute approximate surface area is 176 Å². The molecule has 0 radical (unpaired) electrons. The first-order valence-electron chi connectivity index (χ1n) is 9.44. The lowest BCUT2D eigenvalue weighted by Crippen LogP contribution is -2.60. The molecule has 4 aliphatic rings. The van der Waals surface area contributed by atoms with E-state index in [-0.39, 0.29) is 18.3 Å². The number of alkyl halides is 3. The van der Waals surface area contributed by atoms with Gasteiger partial charge in [-0.15, -0.1) is 0 Å². The fourth-order valence-electron chi connectivity index (χ4n) is 5.48. The summed E-state index contributed by atoms with van der Waals surface area (Å²) in [5.74, 6) is -6.92. The normalized spacial score (nSPS) is 34.1. The maximum Gasteiger partial charge on any atom is 0.322 e. The molecule has 0 aliphatic heterocycles. The van der Waals surface area contributed by atoms with E-state index in [0.29, 0.717) is 25.7 Å². The first-order valence-corrected chi connectivity index (χ1v) is 11.8. The third-order valence-electron chi connectivity index (χ3n) is 6.04. The number of rotatable bonds is 7. The molecule has 0 spiro atoms. The van der Waals surface area contributed by atoms with E-state index in [1.165, 1.54) is 0 Å². The van der Waals surface area contributed by atoms with Crippen LogP contribution in [-0.2, 0) is 29.2 Å². The maximum absolute atomic E-state index is 13.7. The minimum absolute atomic E-state index is 0.123. The molecule has 0 amide bonds. The van der Waals surface area contributed by atoms with E-state index >= 15 is 0 Å². The smallest absolute Gasteiger partial charge is 0.322 e. The third-order valence-corrected chi connectivity index (χ3v) is 7.14. The van der Waals surface area contributed by atoms with Crippen LogP contribution in [-0.4, -0.2) is 53.1 Å². The number of carbonyl (C=O) groups excluding carboxylic acids is 2. The first kappa shape index (κ1) is 22.9. The summed E-state index contributed by atoms with van der Waals surface area (Å²) in [6.07, 6.45) is 3.26. The lowest BCUT2D eigenvalue weighted by Gasteiger charge is -2.60. The Morgan fingerprint density at radius 1 is 1.17 bits per heavy atom. The highest BCUT2D eigenvalue weighted by molar-refractivity contribution is 9.10. The van der Waals surface area contributed by atoms with E-state index < -0.39 is 55.7 Å². The molecule has 4 rings (SSSR count). The number of halogens is 3. The summed E-state index contributed by atoms with van der Waals surface area (Å²) in [5, 5.41) is 0. The number of carbonyl (C=O) groups is 2. The van der Waals surface area contributed by atoms with Gasteiger partial charge in [0.25, 0.3) is 5.92 Å². The predicted molar refractivity (Wildman–Crippen MR) is 99.4 cm³/mol. The van der Waals surface area contributed by atoms with Gasteiger partial charge in [0.2, 0.25) is 0 Å². The molecule has 0 saturated heterocycles. The van der Waals surface area contributed by atoms with Gasteiger partial charge in [0, 0.05) is 6.42 Å². The molecule has 0 aromatic heterocycles. The van der Waals surface area contributed by atoms with E-state index in [4.69, 9.17) is 9.47 Å². The summed E-state index contributed by atoms with van der Waals surface area (Å²) in [6.45, 7) is 1.85. The topological polar surface area (TPSA) is 110 Å². The standard InChI is InChI=1S/C18H25BrF2O7S/c1-15(2,19)13(22)28-17-6-11-3-12(7-17)5-16(4-11,8-17)14(23)27-9-18(20,21)10-29(24,25)26/h11-12H,3-10H2,1-2H3,(H,24,25,26)/p-1. The van der Waals surface area contributed by atoms with Crippen molar-refractivity contribution in [3.63, 3.8) is 0 Å². The summed E-state index contributed by atoms with van der Waals surface area (Å²) in [7, 11) is -5.17. The van der Waals surface area contributed by atoms with Crippen molar-refractivity contribution in [3.05, 3.63) is 0 Å². The van der Waals surface area contributed by atoms with E-state index in [9.17, 15) is 31.3 Å². The number of hydrogen-bond donors (Lipinski definition) is 0. The Kier molecular flexibility index (Phi) is 5.61. The van der Waals surface area contributed by atoms with Crippen molar-refractivity contribution >= 4 is 38.0 Å². The Morgan fingerprint density at radius 2 is 1.72 bits per heavy atom. The molecule has 4 saturated carbocycles. The molecule has 4 fully saturated rings. The second-order valence-electron chi connectivity index (χ2n) is 9.42. The third kappa shape index (κ3) is 5.10. The van der Waals surface area contributed by atoms with Crippen LogP contribution in [0, 0.1) is 17.3 Å². The molecule has 0 N–H and O–H groups in total. The van der Waals surface area contributed by atoms with E-state index in [1.54, 1.807) is 13.8 Å². The van der Waals surface area contributed by atoms with E-state index in [2.05, 4.69) is 15.9 Å². The highest BCUT2D eigenvalue weighted by Crippen LogP contribution is 2.63. The van der Waals surface area contributed by atoms with Crippen LogP contribution < -0.4 is 0 Å². The fraction of sp³-hybridized carbons (Fsp3) is 0.889. The maximum atomic E-state index is 13.7. The zero-order chi connectivity index (χ0) is 21.9. The zero-order valence-corrected chi connectivity index (χ0v) is 18.6. The molecule has 2 unspecified atom stereocenters. The second kappa shape index (κ2) is 7.12. The molecule has 0 aromatic carbocycles. The number of ether oxygens (including phenoxy) is 2. The largest absolute Gasteiger partial charge is 0.748 e. The van der Waals surface area contributed by atoms with Gasteiger partial charge in [0.15, 0.2) is 6.61 Å². The Morgan fingerprint density at radius 3 is 2.21 bits per heavy atom. The SMILES string of the molecule is CC(C)(Br)C(=O)OC12CC3CC(C1)CC(C(=O)OCC(F)(F)CS(=O)(=O)[O-])(C3)C2. The number of hydrogen-bond acceptors (Lipinski definition) is 7.